The smallest absolute Gasteiger partial charge is 0.238 e. The fourth-order valence-electron chi connectivity index (χ4n) is 2.62. The molecule has 1 aromatic rings. The summed E-state index contributed by atoms with van der Waals surface area (Å²) in [5.74, 6) is 0.904. The van der Waals surface area contributed by atoms with E-state index >= 15 is 0 Å². The molecule has 20 heavy (non-hydrogen) atoms. The van der Waals surface area contributed by atoms with Gasteiger partial charge in [0.15, 0.2) is 0 Å². The van der Waals surface area contributed by atoms with Crippen LogP contribution >= 0.6 is 0 Å². The maximum absolute atomic E-state index is 11.8. The Kier molecular flexibility index (Phi) is 4.18. The molecule has 1 aromatic carbocycles. The molecule has 0 spiro atoms. The van der Waals surface area contributed by atoms with Crippen LogP contribution in [-0.4, -0.2) is 38.3 Å². The van der Waals surface area contributed by atoms with Gasteiger partial charge in [-0.2, -0.15) is 0 Å². The maximum Gasteiger partial charge on any atom is 0.238 e. The van der Waals surface area contributed by atoms with E-state index in [2.05, 4.69) is 10.6 Å². The third-order valence-electron chi connectivity index (χ3n) is 3.65. The molecule has 0 aromatic heterocycles. The summed E-state index contributed by atoms with van der Waals surface area (Å²) in [5, 5.41) is 6.04. The minimum absolute atomic E-state index is 0.0261. The number of ether oxygens (including phenoxy) is 2. The zero-order chi connectivity index (χ0) is 13.8. The number of carbonyl (C=O) groups is 1. The van der Waals surface area contributed by atoms with E-state index in [0.717, 1.165) is 56.0 Å². The van der Waals surface area contributed by atoms with Crippen molar-refractivity contribution in [3.8, 4) is 5.75 Å². The van der Waals surface area contributed by atoms with E-state index in [1.54, 1.807) is 0 Å². The van der Waals surface area contributed by atoms with Crippen molar-refractivity contribution in [2.75, 3.05) is 31.6 Å². The minimum atomic E-state index is -0.0261. The van der Waals surface area contributed by atoms with Gasteiger partial charge in [0.2, 0.25) is 5.91 Å². The van der Waals surface area contributed by atoms with Crippen molar-refractivity contribution in [2.45, 2.75) is 25.4 Å². The minimum Gasteiger partial charge on any atom is -0.493 e. The molecule has 1 fully saturated rings. The number of amides is 1. The first-order valence-electron chi connectivity index (χ1n) is 7.19. The lowest BCUT2D eigenvalue weighted by Crippen LogP contribution is -2.33. The Labute approximate surface area is 118 Å². The second-order valence-corrected chi connectivity index (χ2v) is 5.24. The zero-order valence-corrected chi connectivity index (χ0v) is 11.5. The number of hydrogen-bond acceptors (Lipinski definition) is 4. The molecule has 1 saturated heterocycles. The quantitative estimate of drug-likeness (QED) is 0.852. The molecule has 108 valence electrons. The molecule has 0 radical (unpaired) electrons. The second-order valence-electron chi connectivity index (χ2n) is 5.24. The Hall–Kier alpha value is -1.59. The van der Waals surface area contributed by atoms with Crippen molar-refractivity contribution in [2.24, 2.45) is 0 Å². The van der Waals surface area contributed by atoms with Crippen molar-refractivity contribution >= 4 is 11.6 Å². The topological polar surface area (TPSA) is 59.6 Å². The summed E-state index contributed by atoms with van der Waals surface area (Å²) >= 11 is 0. The second kappa shape index (κ2) is 6.24. The number of rotatable bonds is 5. The lowest BCUT2D eigenvalue weighted by atomic mass is 10.1. The van der Waals surface area contributed by atoms with Crippen LogP contribution in [0.3, 0.4) is 0 Å². The highest BCUT2D eigenvalue weighted by molar-refractivity contribution is 5.92. The van der Waals surface area contributed by atoms with Crippen LogP contribution in [0, 0.1) is 0 Å². The lowest BCUT2D eigenvalue weighted by Gasteiger charge is -2.11. The number of anilines is 1. The van der Waals surface area contributed by atoms with Gasteiger partial charge in [0, 0.05) is 25.3 Å². The zero-order valence-electron chi connectivity index (χ0n) is 11.5. The highest BCUT2D eigenvalue weighted by atomic mass is 16.5. The number of hydrogen-bond donors (Lipinski definition) is 2. The van der Waals surface area contributed by atoms with Gasteiger partial charge in [-0.25, -0.2) is 0 Å². The summed E-state index contributed by atoms with van der Waals surface area (Å²) in [4.78, 5) is 11.8. The van der Waals surface area contributed by atoms with E-state index in [9.17, 15) is 4.79 Å². The summed E-state index contributed by atoms with van der Waals surface area (Å²) in [7, 11) is 0. The number of nitrogens with one attached hydrogen (secondary N) is 2. The van der Waals surface area contributed by atoms with Crippen LogP contribution < -0.4 is 15.4 Å². The number of carbonyl (C=O) groups excluding carboxylic acids is 1. The molecule has 2 aliphatic heterocycles. The van der Waals surface area contributed by atoms with Crippen LogP contribution in [-0.2, 0) is 16.0 Å². The highest BCUT2D eigenvalue weighted by Gasteiger charge is 2.16. The summed E-state index contributed by atoms with van der Waals surface area (Å²) in [6.45, 7) is 2.63. The van der Waals surface area contributed by atoms with Gasteiger partial charge in [0.05, 0.1) is 19.3 Å². The first-order chi connectivity index (χ1) is 9.81. The van der Waals surface area contributed by atoms with Crippen molar-refractivity contribution in [3.05, 3.63) is 23.8 Å². The molecule has 3 rings (SSSR count). The van der Waals surface area contributed by atoms with Gasteiger partial charge < -0.3 is 20.1 Å². The van der Waals surface area contributed by atoms with Crippen molar-refractivity contribution in [1.82, 2.24) is 5.32 Å². The Morgan fingerprint density at radius 1 is 1.35 bits per heavy atom. The van der Waals surface area contributed by atoms with Gasteiger partial charge in [0.1, 0.15) is 5.75 Å². The first kappa shape index (κ1) is 13.4. The average molecular weight is 276 g/mol. The van der Waals surface area contributed by atoms with E-state index in [1.807, 2.05) is 18.2 Å². The first-order valence-corrected chi connectivity index (χ1v) is 7.19. The molecular weight excluding hydrogens is 256 g/mol. The van der Waals surface area contributed by atoms with E-state index in [-0.39, 0.29) is 12.0 Å². The van der Waals surface area contributed by atoms with Gasteiger partial charge in [0.25, 0.3) is 0 Å². The van der Waals surface area contributed by atoms with Gasteiger partial charge in [-0.1, -0.05) is 0 Å². The summed E-state index contributed by atoms with van der Waals surface area (Å²) in [6.07, 6.45) is 3.38. The Bertz CT molecular complexity index is 484. The molecule has 1 amide bonds. The van der Waals surface area contributed by atoms with Gasteiger partial charge in [-0.3, -0.25) is 4.79 Å². The lowest BCUT2D eigenvalue weighted by molar-refractivity contribution is -0.115. The standard InChI is InChI=1S/C15H20N2O3/c18-15(10-16-9-13-2-1-6-19-13)17-12-3-4-14-11(8-12)5-7-20-14/h3-4,8,13,16H,1-2,5-7,9-10H2,(H,17,18). The van der Waals surface area contributed by atoms with Crippen LogP contribution in [0.15, 0.2) is 18.2 Å². The largest absolute Gasteiger partial charge is 0.493 e. The predicted octanol–water partition coefficient (Wildman–Crippen LogP) is 1.33. The number of benzene rings is 1. The van der Waals surface area contributed by atoms with Crippen LogP contribution in [0.4, 0.5) is 5.69 Å². The van der Waals surface area contributed by atoms with Crippen LogP contribution in [0.5, 0.6) is 5.75 Å². The molecule has 1 unspecified atom stereocenters. The molecule has 2 aliphatic rings. The average Bonchev–Trinajstić information content (AvgIpc) is 3.08. The summed E-state index contributed by atoms with van der Waals surface area (Å²) in [5.41, 5.74) is 1.99. The van der Waals surface area contributed by atoms with Crippen LogP contribution in [0.2, 0.25) is 0 Å². The van der Waals surface area contributed by atoms with Crippen molar-refractivity contribution < 1.29 is 14.3 Å². The normalized spacial score (nSPS) is 20.5. The van der Waals surface area contributed by atoms with Crippen molar-refractivity contribution in [3.63, 3.8) is 0 Å². The fourth-order valence-corrected chi connectivity index (χ4v) is 2.62. The molecular formula is C15H20N2O3. The molecule has 2 N–H and O–H groups in total. The third-order valence-corrected chi connectivity index (χ3v) is 3.65. The Balaban J connectivity index is 1.44. The van der Waals surface area contributed by atoms with Gasteiger partial charge in [-0.15, -0.1) is 0 Å². The van der Waals surface area contributed by atoms with E-state index in [4.69, 9.17) is 9.47 Å². The highest BCUT2D eigenvalue weighted by Crippen LogP contribution is 2.27. The monoisotopic (exact) mass is 276 g/mol. The van der Waals surface area contributed by atoms with Gasteiger partial charge in [-0.05, 0) is 36.6 Å². The van der Waals surface area contributed by atoms with E-state index in [0.29, 0.717) is 6.54 Å². The Morgan fingerprint density at radius 2 is 2.30 bits per heavy atom. The summed E-state index contributed by atoms with van der Waals surface area (Å²) in [6, 6.07) is 5.78. The maximum atomic E-state index is 11.8. The summed E-state index contributed by atoms with van der Waals surface area (Å²) < 4.78 is 10.9. The third kappa shape index (κ3) is 3.29. The molecule has 5 nitrogen and oxygen atoms in total. The molecule has 0 aliphatic carbocycles. The van der Waals surface area contributed by atoms with Crippen LogP contribution in [0.1, 0.15) is 18.4 Å². The molecule has 2 heterocycles. The van der Waals surface area contributed by atoms with Crippen molar-refractivity contribution in [1.29, 1.82) is 0 Å². The SMILES string of the molecule is O=C(CNCC1CCCO1)Nc1ccc2c(c1)CCO2. The molecule has 5 heteroatoms. The molecule has 0 saturated carbocycles. The van der Waals surface area contributed by atoms with Gasteiger partial charge >= 0.3 is 0 Å². The number of fused-ring (bicyclic) bond motifs is 1. The molecule has 1 atom stereocenters. The fraction of sp³-hybridized carbons (Fsp3) is 0.533. The Morgan fingerprint density at radius 3 is 3.15 bits per heavy atom. The van der Waals surface area contributed by atoms with E-state index < -0.39 is 0 Å². The van der Waals surface area contributed by atoms with Crippen LogP contribution in [0.25, 0.3) is 0 Å². The van der Waals surface area contributed by atoms with E-state index in [1.165, 1.54) is 0 Å². The predicted molar refractivity (Wildman–Crippen MR) is 76.1 cm³/mol. The molecule has 0 bridgehead atoms.